The molecule has 0 aliphatic heterocycles. The van der Waals surface area contributed by atoms with Crippen LogP contribution in [0.25, 0.3) is 0 Å². The minimum absolute atomic E-state index is 0.0115. The maximum absolute atomic E-state index is 12.7. The van der Waals surface area contributed by atoms with E-state index >= 15 is 0 Å². The molecule has 0 aromatic heterocycles. The predicted octanol–water partition coefficient (Wildman–Crippen LogP) is 5.54. The van der Waals surface area contributed by atoms with E-state index in [1.165, 1.54) is 4.90 Å². The first-order chi connectivity index (χ1) is 12.5. The molecule has 0 amide bonds. The highest BCUT2D eigenvalue weighted by Crippen LogP contribution is 2.34. The number of oxime groups is 1. The molecule has 0 saturated carbocycles. The van der Waals surface area contributed by atoms with E-state index in [4.69, 9.17) is 4.84 Å². The number of benzene rings is 1. The first-order valence-corrected chi connectivity index (χ1v) is 10.3. The van der Waals surface area contributed by atoms with E-state index in [0.717, 1.165) is 12.8 Å². The molecule has 142 valence electrons. The third kappa shape index (κ3) is 5.90. The van der Waals surface area contributed by atoms with Gasteiger partial charge in [-0.1, -0.05) is 43.6 Å². The number of ketones is 1. The summed E-state index contributed by atoms with van der Waals surface area (Å²) < 4.78 is 0. The zero-order valence-corrected chi connectivity index (χ0v) is 16.7. The lowest BCUT2D eigenvalue weighted by Crippen LogP contribution is -2.26. The lowest BCUT2D eigenvalue weighted by Gasteiger charge is -2.26. The quantitative estimate of drug-likeness (QED) is 0.350. The van der Waals surface area contributed by atoms with Gasteiger partial charge < -0.3 is 9.94 Å². The van der Waals surface area contributed by atoms with Crippen molar-refractivity contribution in [1.29, 1.82) is 0 Å². The van der Waals surface area contributed by atoms with Crippen LogP contribution in [0.4, 0.5) is 0 Å². The summed E-state index contributed by atoms with van der Waals surface area (Å²) in [5, 5.41) is 15.0. The number of aliphatic hydroxyl groups excluding tert-OH is 1. The van der Waals surface area contributed by atoms with Crippen LogP contribution in [0.5, 0.6) is 0 Å². The Morgan fingerprint density at radius 1 is 1.31 bits per heavy atom. The van der Waals surface area contributed by atoms with E-state index in [0.29, 0.717) is 42.4 Å². The number of rotatable bonds is 9. The van der Waals surface area contributed by atoms with Crippen LogP contribution in [0.2, 0.25) is 0 Å². The number of aliphatic hydroxyl groups is 1. The number of allylic oxidation sites excluding steroid dienone is 2. The second-order valence-electron chi connectivity index (χ2n) is 6.70. The monoisotopic (exact) mass is 375 g/mol. The third-order valence-corrected chi connectivity index (χ3v) is 5.49. The molecule has 4 nitrogen and oxygen atoms in total. The predicted molar refractivity (Wildman–Crippen MR) is 108 cm³/mol. The van der Waals surface area contributed by atoms with Gasteiger partial charge in [-0.15, -0.1) is 11.8 Å². The first kappa shape index (κ1) is 20.6. The van der Waals surface area contributed by atoms with Gasteiger partial charge in [-0.05, 0) is 37.8 Å². The highest BCUT2D eigenvalue weighted by Gasteiger charge is 2.31. The average molecular weight is 376 g/mol. The Balaban J connectivity index is 2.03. The highest BCUT2D eigenvalue weighted by molar-refractivity contribution is 7.99. The Morgan fingerprint density at radius 2 is 2.04 bits per heavy atom. The maximum atomic E-state index is 12.7. The maximum Gasteiger partial charge on any atom is 0.168 e. The van der Waals surface area contributed by atoms with Gasteiger partial charge in [0.2, 0.25) is 0 Å². The van der Waals surface area contributed by atoms with Crippen molar-refractivity contribution < 1.29 is 14.7 Å². The zero-order valence-electron chi connectivity index (χ0n) is 15.9. The fourth-order valence-corrected chi connectivity index (χ4v) is 4.46. The molecule has 1 aromatic rings. The van der Waals surface area contributed by atoms with Crippen LogP contribution in [0, 0.1) is 5.92 Å². The molecule has 0 bridgehead atoms. The normalized spacial score (nSPS) is 19.6. The van der Waals surface area contributed by atoms with Gasteiger partial charge in [0.15, 0.2) is 5.78 Å². The molecule has 5 heteroatoms. The summed E-state index contributed by atoms with van der Waals surface area (Å²) in [7, 11) is 0. The fraction of sp³-hybridized carbons (Fsp3) is 0.524. The number of hydrogen-bond donors (Lipinski definition) is 1. The Morgan fingerprint density at radius 3 is 2.65 bits per heavy atom. The molecular weight excluding hydrogens is 346 g/mol. The summed E-state index contributed by atoms with van der Waals surface area (Å²) >= 11 is 1.81. The van der Waals surface area contributed by atoms with Gasteiger partial charge in [0.25, 0.3) is 0 Å². The number of Topliss-reactive ketones (excluding diaryl/α,β-unsaturated/α-hetero) is 1. The summed E-state index contributed by atoms with van der Waals surface area (Å²) in [4.78, 5) is 19.0. The van der Waals surface area contributed by atoms with E-state index < -0.39 is 0 Å². The van der Waals surface area contributed by atoms with E-state index in [1.54, 1.807) is 0 Å². The summed E-state index contributed by atoms with van der Waals surface area (Å²) in [6.07, 6.45) is 3.39. The number of thioether (sulfide) groups is 1. The first-order valence-electron chi connectivity index (χ1n) is 9.41. The van der Waals surface area contributed by atoms with E-state index in [2.05, 4.69) is 24.2 Å². The number of carbonyl (C=O) groups is 1. The smallest absolute Gasteiger partial charge is 0.168 e. The molecular formula is C21H29NO3S. The molecule has 2 rings (SSSR count). The van der Waals surface area contributed by atoms with Crippen molar-refractivity contribution in [3.05, 3.63) is 41.7 Å². The van der Waals surface area contributed by atoms with Gasteiger partial charge in [-0.2, -0.15) is 0 Å². The van der Waals surface area contributed by atoms with Crippen LogP contribution in [0.1, 0.15) is 52.9 Å². The van der Waals surface area contributed by atoms with Gasteiger partial charge in [-0.3, -0.25) is 4.79 Å². The van der Waals surface area contributed by atoms with Crippen LogP contribution in [-0.2, 0) is 9.63 Å². The number of hydrogen-bond acceptors (Lipinski definition) is 5. The molecule has 2 atom stereocenters. The molecule has 1 aliphatic carbocycles. The van der Waals surface area contributed by atoms with Crippen molar-refractivity contribution in [2.24, 2.45) is 11.1 Å². The Bertz CT molecular complexity index is 654. The highest BCUT2D eigenvalue weighted by atomic mass is 32.2. The van der Waals surface area contributed by atoms with Gasteiger partial charge in [0, 0.05) is 23.0 Å². The van der Waals surface area contributed by atoms with Crippen LogP contribution < -0.4 is 0 Å². The molecule has 0 spiro atoms. The van der Waals surface area contributed by atoms with E-state index in [1.807, 2.05) is 43.8 Å². The molecule has 1 aliphatic rings. The Labute approximate surface area is 160 Å². The van der Waals surface area contributed by atoms with Crippen molar-refractivity contribution in [3.8, 4) is 0 Å². The Hall–Kier alpha value is -1.75. The number of nitrogens with zero attached hydrogens (tertiary/aromatic N) is 1. The van der Waals surface area contributed by atoms with Crippen LogP contribution in [0.15, 0.2) is 51.7 Å². The van der Waals surface area contributed by atoms with Gasteiger partial charge >= 0.3 is 0 Å². The molecule has 0 heterocycles. The summed E-state index contributed by atoms with van der Waals surface area (Å²) in [6, 6.07) is 10.3. The second kappa shape index (κ2) is 10.4. The lowest BCUT2D eigenvalue weighted by atomic mass is 9.82. The third-order valence-electron chi connectivity index (χ3n) is 4.35. The zero-order chi connectivity index (χ0) is 18.9. The lowest BCUT2D eigenvalue weighted by molar-refractivity contribution is -0.116. The summed E-state index contributed by atoms with van der Waals surface area (Å²) in [5.41, 5.74) is 0.974. The van der Waals surface area contributed by atoms with Crippen molar-refractivity contribution in [2.45, 2.75) is 63.0 Å². The molecule has 26 heavy (non-hydrogen) atoms. The molecule has 0 radical (unpaired) electrons. The summed E-state index contributed by atoms with van der Waals surface area (Å²) in [6.45, 7) is 6.51. The second-order valence-corrected chi connectivity index (χ2v) is 8.21. The van der Waals surface area contributed by atoms with E-state index in [9.17, 15) is 9.90 Å². The number of carbonyl (C=O) groups excluding carboxylic acids is 1. The van der Waals surface area contributed by atoms with Crippen LogP contribution in [-0.4, -0.2) is 28.5 Å². The van der Waals surface area contributed by atoms with Crippen molar-refractivity contribution >= 4 is 23.3 Å². The minimum atomic E-state index is -0.0115. The average Bonchev–Trinajstić information content (AvgIpc) is 2.59. The van der Waals surface area contributed by atoms with Crippen molar-refractivity contribution in [2.75, 3.05) is 6.61 Å². The molecule has 2 unspecified atom stereocenters. The minimum Gasteiger partial charge on any atom is -0.511 e. The van der Waals surface area contributed by atoms with Gasteiger partial charge in [0.1, 0.15) is 12.4 Å². The Kier molecular flexibility index (Phi) is 8.23. The molecule has 0 saturated heterocycles. The standard InChI is InChI=1S/C21H29NO3S/c1-4-9-18(22-25-5-2)21-19(23)13-16(14-20(21)24)12-15(3)26-17-10-7-6-8-11-17/h6-8,10-11,15-16,23H,4-5,9,12-14H2,1-3H3/b22-18-. The fourth-order valence-electron chi connectivity index (χ4n) is 3.31. The molecule has 1 N–H and O–H groups in total. The van der Waals surface area contributed by atoms with Crippen LogP contribution >= 0.6 is 11.8 Å². The van der Waals surface area contributed by atoms with Gasteiger partial charge in [0.05, 0.1) is 11.3 Å². The molecule has 0 fully saturated rings. The van der Waals surface area contributed by atoms with Gasteiger partial charge in [-0.25, -0.2) is 0 Å². The van der Waals surface area contributed by atoms with E-state index in [-0.39, 0.29) is 17.5 Å². The summed E-state index contributed by atoms with van der Waals surface area (Å²) in [5.74, 6) is 0.338. The van der Waals surface area contributed by atoms with Crippen molar-refractivity contribution in [3.63, 3.8) is 0 Å². The molecule has 1 aromatic carbocycles. The topological polar surface area (TPSA) is 58.9 Å². The largest absolute Gasteiger partial charge is 0.511 e. The SMILES string of the molecule is CCC/C(=N/OCC)C1=C(O)CC(CC(C)Sc2ccccc2)CC1=O. The van der Waals surface area contributed by atoms with Crippen molar-refractivity contribution in [1.82, 2.24) is 0 Å². The van der Waals surface area contributed by atoms with Crippen LogP contribution in [0.3, 0.4) is 0 Å².